The average Bonchev–Trinajstić information content (AvgIpc) is 3.66. The first-order valence-electron chi connectivity index (χ1n) is 21.7. The Morgan fingerprint density at radius 3 is 1.76 bits per heavy atom. The van der Waals surface area contributed by atoms with Gasteiger partial charge in [-0.15, -0.1) is 0 Å². The molecule has 4 aliphatic rings. The van der Waals surface area contributed by atoms with Crippen LogP contribution in [-0.4, -0.2) is 21.7 Å². The van der Waals surface area contributed by atoms with Crippen LogP contribution in [0.25, 0.3) is 11.1 Å². The van der Waals surface area contributed by atoms with E-state index in [4.69, 9.17) is 19.4 Å². The summed E-state index contributed by atoms with van der Waals surface area (Å²) in [6, 6.07) is 23.6. The summed E-state index contributed by atoms with van der Waals surface area (Å²) in [7, 11) is 0. The van der Waals surface area contributed by atoms with Crippen LogP contribution in [-0.2, 0) is 32.5 Å². The van der Waals surface area contributed by atoms with E-state index in [1.165, 1.54) is 44.5 Å². The predicted octanol–water partition coefficient (Wildman–Crippen LogP) is 11.5. The van der Waals surface area contributed by atoms with Crippen molar-refractivity contribution in [1.29, 1.82) is 0 Å². The molecule has 3 aromatic carbocycles. The van der Waals surface area contributed by atoms with Crippen molar-refractivity contribution in [2.24, 2.45) is 0 Å². The lowest BCUT2D eigenvalue weighted by molar-refractivity contribution is 0.403. The maximum Gasteiger partial charge on any atom is 0.301 e. The summed E-state index contributed by atoms with van der Waals surface area (Å²) in [6.07, 6.45) is 4.18. The van der Waals surface area contributed by atoms with Crippen molar-refractivity contribution < 1.29 is 4.42 Å². The number of pyridine rings is 1. The lowest BCUT2D eigenvalue weighted by Gasteiger charge is -2.42. The summed E-state index contributed by atoms with van der Waals surface area (Å²) < 4.78 is 7.16. The molecule has 6 aromatic rings. The Bertz CT molecular complexity index is 2770. The Morgan fingerprint density at radius 1 is 0.610 bits per heavy atom. The topological polar surface area (TPSA) is 58.3 Å². The van der Waals surface area contributed by atoms with E-state index in [9.17, 15) is 0 Å². The van der Waals surface area contributed by atoms with E-state index < -0.39 is 0 Å². The number of fused-ring (bicyclic) bond motifs is 8. The fraction of sp³-hybridized carbons (Fsp3) is 0.442. The summed E-state index contributed by atoms with van der Waals surface area (Å²) in [6.45, 7) is 34.6. The first-order valence-corrected chi connectivity index (χ1v) is 21.7. The van der Waals surface area contributed by atoms with E-state index in [-0.39, 0.29) is 39.2 Å². The molecule has 0 radical (unpaired) electrons. The van der Waals surface area contributed by atoms with Gasteiger partial charge in [-0.3, -0.25) is 9.80 Å². The molecule has 302 valence electrons. The van der Waals surface area contributed by atoms with Crippen LogP contribution in [0.4, 0.5) is 34.4 Å². The molecule has 0 unspecified atom stereocenters. The van der Waals surface area contributed by atoms with E-state index in [2.05, 4.69) is 167 Å². The van der Waals surface area contributed by atoms with E-state index >= 15 is 0 Å². The van der Waals surface area contributed by atoms with Gasteiger partial charge in [0.25, 0.3) is 0 Å². The van der Waals surface area contributed by atoms with Crippen LogP contribution in [0.1, 0.15) is 149 Å². The van der Waals surface area contributed by atoms with Gasteiger partial charge < -0.3 is 4.42 Å². The standard InChI is InChI=1S/C52H60BN5O/c1-29-55-44-41-45(56-29)58(32-18-16-30(17-19-32)47(2,3)4)42-34-22-31(48(5,6)7)26-54-46(34)59-43(42)53(41)39-24-37-38(52(14,15)28-51(37,12)13)25-40(39)57(44)33-20-21-35-36(23-33)50(10,11)27-49(35,8)9/h16-26H,27-28H2,1-15H3. The number of benzene rings is 3. The maximum atomic E-state index is 7.16. The van der Waals surface area contributed by atoms with Crippen molar-refractivity contribution in [3.05, 3.63) is 106 Å². The normalized spacial score (nSPS) is 19.1. The van der Waals surface area contributed by atoms with Gasteiger partial charge in [-0.25, -0.2) is 15.0 Å². The predicted molar refractivity (Wildman–Crippen MR) is 247 cm³/mol. The summed E-state index contributed by atoms with van der Waals surface area (Å²) in [4.78, 5) is 20.8. The number of rotatable bonds is 2. The molecule has 0 saturated carbocycles. The zero-order valence-electron chi connectivity index (χ0n) is 38.0. The Hall–Kier alpha value is -4.91. The second-order valence-electron chi connectivity index (χ2n) is 22.9. The third-order valence-corrected chi connectivity index (χ3v) is 14.3. The van der Waals surface area contributed by atoms with Crippen molar-refractivity contribution in [2.45, 2.75) is 149 Å². The molecule has 0 saturated heterocycles. The second-order valence-corrected chi connectivity index (χ2v) is 22.9. The Morgan fingerprint density at radius 2 is 1.15 bits per heavy atom. The minimum Gasteiger partial charge on any atom is -0.450 e. The van der Waals surface area contributed by atoms with Crippen LogP contribution in [0.3, 0.4) is 0 Å². The third-order valence-electron chi connectivity index (χ3n) is 14.3. The van der Waals surface area contributed by atoms with Gasteiger partial charge in [0.05, 0.1) is 11.1 Å². The smallest absolute Gasteiger partial charge is 0.301 e. The van der Waals surface area contributed by atoms with Crippen LogP contribution in [0.2, 0.25) is 0 Å². The number of hydrogen-bond donors (Lipinski definition) is 0. The van der Waals surface area contributed by atoms with E-state index in [1.54, 1.807) is 0 Å². The number of hydrogen-bond acceptors (Lipinski definition) is 6. The summed E-state index contributed by atoms with van der Waals surface area (Å²) >= 11 is 0. The highest BCUT2D eigenvalue weighted by molar-refractivity contribution is 6.99. The summed E-state index contributed by atoms with van der Waals surface area (Å²) in [5.74, 6) is 2.55. The van der Waals surface area contributed by atoms with Crippen molar-refractivity contribution in [1.82, 2.24) is 15.0 Å². The van der Waals surface area contributed by atoms with Crippen LogP contribution in [0.15, 0.2) is 71.3 Å². The number of nitrogens with zero attached hydrogens (tertiary/aromatic N) is 5. The molecular formula is C52H60BN5O. The quantitative estimate of drug-likeness (QED) is 0.163. The number of anilines is 6. The fourth-order valence-electron chi connectivity index (χ4n) is 11.8. The van der Waals surface area contributed by atoms with Gasteiger partial charge in [0.15, 0.2) is 0 Å². The van der Waals surface area contributed by atoms with Gasteiger partial charge in [0, 0.05) is 28.7 Å². The van der Waals surface area contributed by atoms with Crippen LogP contribution in [0.5, 0.6) is 0 Å². The number of aryl methyl sites for hydroxylation is 1. The highest BCUT2D eigenvalue weighted by Gasteiger charge is 2.52. The minimum atomic E-state index is -0.242. The zero-order chi connectivity index (χ0) is 42.1. The highest BCUT2D eigenvalue weighted by atomic mass is 16.3. The van der Waals surface area contributed by atoms with Gasteiger partial charge in [0.1, 0.15) is 23.1 Å². The molecule has 0 spiro atoms. The molecular weight excluding hydrogens is 721 g/mol. The molecule has 7 heteroatoms. The Balaban J connectivity index is 1.32. The molecule has 0 atom stereocenters. The van der Waals surface area contributed by atoms with Gasteiger partial charge in [0.2, 0.25) is 5.71 Å². The summed E-state index contributed by atoms with van der Waals surface area (Å²) in [5, 5.41) is 1.01. The van der Waals surface area contributed by atoms with Gasteiger partial charge in [-0.1, -0.05) is 121 Å². The molecule has 0 N–H and O–H groups in total. The Kier molecular flexibility index (Phi) is 7.58. The third kappa shape index (κ3) is 5.48. The molecule has 10 rings (SSSR count). The second kappa shape index (κ2) is 11.7. The lowest BCUT2D eigenvalue weighted by Crippen LogP contribution is -2.61. The Labute approximate surface area is 352 Å². The molecule has 6 nitrogen and oxygen atoms in total. The average molecular weight is 782 g/mol. The molecule has 3 aromatic heterocycles. The molecule has 2 aliphatic carbocycles. The minimum absolute atomic E-state index is 0.00410. The van der Waals surface area contributed by atoms with Crippen molar-refractivity contribution in [2.75, 3.05) is 9.80 Å². The molecule has 0 fully saturated rings. The van der Waals surface area contributed by atoms with Crippen LogP contribution >= 0.6 is 0 Å². The van der Waals surface area contributed by atoms with E-state index in [1.807, 2.05) is 13.1 Å². The van der Waals surface area contributed by atoms with Gasteiger partial charge >= 0.3 is 6.71 Å². The van der Waals surface area contributed by atoms with Crippen molar-refractivity contribution in [3.8, 4) is 0 Å². The maximum absolute atomic E-state index is 7.16. The fourth-order valence-corrected chi connectivity index (χ4v) is 11.8. The first-order chi connectivity index (χ1) is 27.4. The van der Waals surface area contributed by atoms with Crippen LogP contribution < -0.4 is 26.4 Å². The highest BCUT2D eigenvalue weighted by Crippen LogP contribution is 2.54. The van der Waals surface area contributed by atoms with Gasteiger partial charge in [-0.05, 0) is 127 Å². The molecule has 0 amide bonds. The zero-order valence-corrected chi connectivity index (χ0v) is 38.0. The first kappa shape index (κ1) is 38.3. The molecule has 2 aliphatic heterocycles. The molecule has 59 heavy (non-hydrogen) atoms. The largest absolute Gasteiger partial charge is 0.450 e. The molecule has 5 heterocycles. The SMILES string of the molecule is Cc1nc2c3c(n1)N(c1ccc(C(C)(C)C)cc1)c1c(oc4ncc(C(C)(C)C)cc14)B3c1cc3c(cc1N2c1ccc2c(c1)C(C)(C)CC2(C)C)C(C)(C)CC3(C)C. The lowest BCUT2D eigenvalue weighted by atomic mass is 9.36. The van der Waals surface area contributed by atoms with E-state index in [0.717, 1.165) is 63.9 Å². The number of aromatic nitrogens is 3. The van der Waals surface area contributed by atoms with Crippen molar-refractivity contribution >= 4 is 68.8 Å². The van der Waals surface area contributed by atoms with Crippen LogP contribution in [0, 0.1) is 6.92 Å². The summed E-state index contributed by atoms with van der Waals surface area (Å²) in [5.41, 5.74) is 16.4. The molecule has 0 bridgehead atoms. The monoisotopic (exact) mass is 781 g/mol. The van der Waals surface area contributed by atoms with Crippen molar-refractivity contribution in [3.63, 3.8) is 0 Å². The number of furan rings is 1. The van der Waals surface area contributed by atoms with Gasteiger partial charge in [-0.2, -0.15) is 0 Å². The van der Waals surface area contributed by atoms with E-state index in [0.29, 0.717) is 5.71 Å².